The minimum Gasteiger partial charge on any atom is -0.355 e. The first-order chi connectivity index (χ1) is 13.5. The van der Waals surface area contributed by atoms with Crippen LogP contribution in [0.5, 0.6) is 0 Å². The number of thiophene rings is 1. The Morgan fingerprint density at radius 3 is 2.61 bits per heavy atom. The molecule has 0 bridgehead atoms. The second kappa shape index (κ2) is 9.18. The summed E-state index contributed by atoms with van der Waals surface area (Å²) in [5.74, 6) is 0.621. The molecular formula is C20H24N4O2S2. The molecule has 2 aromatic carbocycles. The lowest BCUT2D eigenvalue weighted by Crippen LogP contribution is -2.42. The molecular weight excluding hydrogens is 392 g/mol. The summed E-state index contributed by atoms with van der Waals surface area (Å²) in [6.07, 6.45) is 0. The van der Waals surface area contributed by atoms with Gasteiger partial charge in [0, 0.05) is 20.1 Å². The fraction of sp³-hybridized carbons (Fsp3) is 0.250. The van der Waals surface area contributed by atoms with Crippen LogP contribution in [0.25, 0.3) is 10.8 Å². The highest BCUT2D eigenvalue weighted by Gasteiger charge is 2.14. The van der Waals surface area contributed by atoms with Crippen molar-refractivity contribution < 1.29 is 8.42 Å². The van der Waals surface area contributed by atoms with Crippen molar-refractivity contribution in [1.29, 1.82) is 0 Å². The smallest absolute Gasteiger partial charge is 0.250 e. The van der Waals surface area contributed by atoms with Crippen LogP contribution in [0.1, 0.15) is 18.5 Å². The van der Waals surface area contributed by atoms with E-state index in [-0.39, 0.29) is 12.6 Å². The van der Waals surface area contributed by atoms with Gasteiger partial charge in [0.05, 0.1) is 6.04 Å². The van der Waals surface area contributed by atoms with Crippen LogP contribution >= 0.6 is 11.3 Å². The number of rotatable bonds is 7. The highest BCUT2D eigenvalue weighted by molar-refractivity contribution is 7.91. The Hall–Kier alpha value is -2.42. The summed E-state index contributed by atoms with van der Waals surface area (Å²) in [7, 11) is -1.75. The third kappa shape index (κ3) is 4.89. The quantitative estimate of drug-likeness (QED) is 0.314. The molecule has 1 heterocycles. The van der Waals surface area contributed by atoms with Gasteiger partial charge in [-0.1, -0.05) is 48.5 Å². The van der Waals surface area contributed by atoms with Crippen LogP contribution in [0, 0.1) is 0 Å². The van der Waals surface area contributed by atoms with E-state index in [9.17, 15) is 8.42 Å². The maximum absolute atomic E-state index is 12.1. The van der Waals surface area contributed by atoms with Crippen molar-refractivity contribution >= 4 is 38.1 Å². The number of aliphatic imine (C=N–C) groups is 1. The molecule has 0 aliphatic heterocycles. The zero-order valence-corrected chi connectivity index (χ0v) is 17.5. The Balaban J connectivity index is 1.56. The van der Waals surface area contributed by atoms with E-state index in [1.165, 1.54) is 27.7 Å². The maximum atomic E-state index is 12.1. The fourth-order valence-corrected chi connectivity index (χ4v) is 5.03. The number of guanidine groups is 1. The summed E-state index contributed by atoms with van der Waals surface area (Å²) in [5.41, 5.74) is 1.18. The maximum Gasteiger partial charge on any atom is 0.250 e. The van der Waals surface area contributed by atoms with Crippen LogP contribution in [-0.2, 0) is 10.0 Å². The molecule has 0 saturated heterocycles. The van der Waals surface area contributed by atoms with Crippen molar-refractivity contribution in [1.82, 2.24) is 15.4 Å². The molecule has 0 aliphatic rings. The van der Waals surface area contributed by atoms with Gasteiger partial charge in [-0.25, -0.2) is 13.1 Å². The summed E-state index contributed by atoms with van der Waals surface area (Å²) >= 11 is 1.20. The van der Waals surface area contributed by atoms with E-state index in [2.05, 4.69) is 51.5 Å². The van der Waals surface area contributed by atoms with E-state index in [1.807, 2.05) is 18.2 Å². The third-order valence-corrected chi connectivity index (χ3v) is 7.19. The Morgan fingerprint density at radius 2 is 1.86 bits per heavy atom. The van der Waals surface area contributed by atoms with Gasteiger partial charge in [0.2, 0.25) is 10.0 Å². The number of fused-ring (bicyclic) bond motifs is 1. The van der Waals surface area contributed by atoms with E-state index >= 15 is 0 Å². The summed E-state index contributed by atoms with van der Waals surface area (Å²) in [4.78, 5) is 4.24. The van der Waals surface area contributed by atoms with Gasteiger partial charge < -0.3 is 10.6 Å². The van der Waals surface area contributed by atoms with Crippen molar-refractivity contribution in [2.45, 2.75) is 17.2 Å². The highest BCUT2D eigenvalue weighted by atomic mass is 32.2. The zero-order valence-electron chi connectivity index (χ0n) is 15.8. The normalized spacial score (nSPS) is 13.4. The molecule has 28 heavy (non-hydrogen) atoms. The molecule has 3 rings (SSSR count). The van der Waals surface area contributed by atoms with E-state index in [0.29, 0.717) is 16.7 Å². The van der Waals surface area contributed by atoms with Gasteiger partial charge in [-0.2, -0.15) is 0 Å². The molecule has 1 atom stereocenters. The molecule has 1 aromatic heterocycles. The molecule has 3 N–H and O–H groups in total. The van der Waals surface area contributed by atoms with Crippen molar-refractivity contribution in [3.05, 3.63) is 65.5 Å². The summed E-state index contributed by atoms with van der Waals surface area (Å²) in [6, 6.07) is 17.9. The number of hydrogen-bond donors (Lipinski definition) is 3. The number of hydrogen-bond acceptors (Lipinski definition) is 4. The predicted molar refractivity (Wildman–Crippen MR) is 116 cm³/mol. The fourth-order valence-electron chi connectivity index (χ4n) is 2.96. The first-order valence-electron chi connectivity index (χ1n) is 8.99. The van der Waals surface area contributed by atoms with Crippen LogP contribution in [0.15, 0.2) is 69.2 Å². The Labute approximate surface area is 169 Å². The summed E-state index contributed by atoms with van der Waals surface area (Å²) in [6.45, 7) is 2.77. The van der Waals surface area contributed by atoms with Gasteiger partial charge in [-0.15, -0.1) is 11.3 Å². The van der Waals surface area contributed by atoms with Gasteiger partial charge in [0.1, 0.15) is 4.21 Å². The molecule has 0 amide bonds. The summed E-state index contributed by atoms with van der Waals surface area (Å²) in [5, 5.41) is 10.7. The molecule has 6 nitrogen and oxygen atoms in total. The Kier molecular flexibility index (Phi) is 6.66. The molecule has 0 saturated carbocycles. The molecule has 8 heteroatoms. The van der Waals surface area contributed by atoms with Gasteiger partial charge >= 0.3 is 0 Å². The lowest BCUT2D eigenvalue weighted by atomic mass is 10.00. The molecule has 3 aromatic rings. The number of sulfonamides is 1. The van der Waals surface area contributed by atoms with Gasteiger partial charge in [-0.3, -0.25) is 4.99 Å². The highest BCUT2D eigenvalue weighted by Crippen LogP contribution is 2.23. The van der Waals surface area contributed by atoms with Crippen molar-refractivity contribution in [2.75, 3.05) is 20.1 Å². The van der Waals surface area contributed by atoms with Crippen LogP contribution in [0.3, 0.4) is 0 Å². The van der Waals surface area contributed by atoms with Gasteiger partial charge in [-0.05, 0) is 34.7 Å². The van der Waals surface area contributed by atoms with Crippen molar-refractivity contribution in [3.8, 4) is 0 Å². The van der Waals surface area contributed by atoms with Crippen molar-refractivity contribution in [3.63, 3.8) is 0 Å². The predicted octanol–water partition coefficient (Wildman–Crippen LogP) is 3.11. The second-order valence-corrected chi connectivity index (χ2v) is 9.20. The average Bonchev–Trinajstić information content (AvgIpc) is 3.25. The Morgan fingerprint density at radius 1 is 1.07 bits per heavy atom. The van der Waals surface area contributed by atoms with E-state index in [1.54, 1.807) is 24.6 Å². The number of nitrogens with one attached hydrogen (secondary N) is 3. The average molecular weight is 417 g/mol. The van der Waals surface area contributed by atoms with E-state index < -0.39 is 10.0 Å². The van der Waals surface area contributed by atoms with Crippen molar-refractivity contribution in [2.24, 2.45) is 4.99 Å². The molecule has 0 radical (unpaired) electrons. The monoisotopic (exact) mass is 416 g/mol. The molecule has 0 spiro atoms. The van der Waals surface area contributed by atoms with E-state index in [0.717, 1.165) is 0 Å². The SMILES string of the molecule is CN=C(NCCNS(=O)(=O)c1cccs1)NC(C)c1cccc2ccccc12. The van der Waals surface area contributed by atoms with Gasteiger partial charge in [0.25, 0.3) is 0 Å². The number of benzene rings is 2. The lowest BCUT2D eigenvalue weighted by molar-refractivity contribution is 0.582. The van der Waals surface area contributed by atoms with Crippen LogP contribution < -0.4 is 15.4 Å². The minimum absolute atomic E-state index is 0.0418. The van der Waals surface area contributed by atoms with Gasteiger partial charge in [0.15, 0.2) is 5.96 Å². The first kappa shape index (κ1) is 20.3. The topological polar surface area (TPSA) is 82.6 Å². The zero-order chi connectivity index (χ0) is 20.0. The van der Waals surface area contributed by atoms with Crippen LogP contribution in [-0.4, -0.2) is 34.5 Å². The molecule has 148 valence electrons. The third-order valence-electron chi connectivity index (χ3n) is 4.34. The summed E-state index contributed by atoms with van der Waals surface area (Å²) < 4.78 is 27.1. The van der Waals surface area contributed by atoms with E-state index in [4.69, 9.17) is 0 Å². The van der Waals surface area contributed by atoms with Crippen LogP contribution in [0.2, 0.25) is 0 Å². The standard InChI is InChI=1S/C20H24N4O2S2/c1-15(17-10-5-8-16-7-3-4-9-18(16)17)24-20(21-2)22-12-13-23-28(25,26)19-11-6-14-27-19/h3-11,14-15,23H,12-13H2,1-2H3,(H2,21,22,24). The Bertz CT molecular complexity index is 1040. The molecule has 0 aliphatic carbocycles. The van der Waals surface area contributed by atoms with Crippen LogP contribution in [0.4, 0.5) is 0 Å². The first-order valence-corrected chi connectivity index (χ1v) is 11.4. The second-order valence-electron chi connectivity index (χ2n) is 6.26. The largest absolute Gasteiger partial charge is 0.355 e. The molecule has 0 fully saturated rings. The minimum atomic E-state index is -3.44. The lowest BCUT2D eigenvalue weighted by Gasteiger charge is -2.20. The number of nitrogens with zero attached hydrogens (tertiary/aromatic N) is 1. The molecule has 1 unspecified atom stereocenters.